The maximum Gasteiger partial charge on any atom is 0.573 e. The van der Waals surface area contributed by atoms with E-state index in [2.05, 4.69) is 26.4 Å². The summed E-state index contributed by atoms with van der Waals surface area (Å²) in [6.07, 6.45) is -1.08. The average Bonchev–Trinajstić information content (AvgIpc) is 2.75. The summed E-state index contributed by atoms with van der Waals surface area (Å²) in [6, 6.07) is 8.05. The summed E-state index contributed by atoms with van der Waals surface area (Å²) in [5.74, 6) is -1.11. The molecule has 1 aliphatic heterocycles. The number of aromatic nitrogens is 1. The molecule has 10 heteroatoms. The number of unbranched alkanes of at least 4 members (excludes halogenated alkanes) is 1. The Morgan fingerprint density at radius 2 is 2.03 bits per heavy atom. The molecule has 1 atom stereocenters. The number of hydrogen-bond acceptors (Lipinski definition) is 5. The van der Waals surface area contributed by atoms with Crippen molar-refractivity contribution in [1.29, 1.82) is 0 Å². The van der Waals surface area contributed by atoms with E-state index in [1.807, 2.05) is 6.07 Å². The van der Waals surface area contributed by atoms with Gasteiger partial charge >= 0.3 is 12.3 Å². The number of amides is 1. The topological polar surface area (TPSA) is 101 Å². The second kappa shape index (κ2) is 11.0. The van der Waals surface area contributed by atoms with E-state index in [1.165, 1.54) is 17.7 Å². The fourth-order valence-electron chi connectivity index (χ4n) is 3.72. The standard InChI is InChI=1S/C23H26F3N3O4/c24-23(25,26)33-18-8-3-5-16(13-18)19(14-21(31)32)29-20(30)9-2-1-7-17-11-10-15-6-4-12-27-22(15)28-17/h3,5,8,10-11,13,19H,1-2,4,6-7,9,12,14H2,(H,27,28)(H,29,30)(H,31,32). The highest BCUT2D eigenvalue weighted by molar-refractivity contribution is 5.77. The molecule has 0 fully saturated rings. The molecule has 1 aliphatic rings. The van der Waals surface area contributed by atoms with Crippen LogP contribution < -0.4 is 15.4 Å². The van der Waals surface area contributed by atoms with Crippen molar-refractivity contribution in [1.82, 2.24) is 10.3 Å². The first-order valence-corrected chi connectivity index (χ1v) is 10.8. The lowest BCUT2D eigenvalue weighted by atomic mass is 10.0. The number of benzene rings is 1. The highest BCUT2D eigenvalue weighted by atomic mass is 19.4. The fraction of sp³-hybridized carbons (Fsp3) is 0.435. The number of carboxylic acid groups (broad SMARTS) is 1. The number of halogens is 3. The van der Waals surface area contributed by atoms with Gasteiger partial charge in [0.1, 0.15) is 11.6 Å². The molecule has 0 saturated carbocycles. The Balaban J connectivity index is 1.52. The van der Waals surface area contributed by atoms with E-state index >= 15 is 0 Å². The van der Waals surface area contributed by atoms with Gasteiger partial charge in [-0.3, -0.25) is 9.59 Å². The van der Waals surface area contributed by atoms with Gasteiger partial charge in [0.25, 0.3) is 0 Å². The van der Waals surface area contributed by atoms with Crippen LogP contribution in [0.1, 0.15) is 55.0 Å². The van der Waals surface area contributed by atoms with Gasteiger partial charge in [-0.05, 0) is 61.4 Å². The molecule has 178 valence electrons. The Morgan fingerprint density at radius 3 is 2.79 bits per heavy atom. The molecule has 1 amide bonds. The summed E-state index contributed by atoms with van der Waals surface area (Å²) in [5, 5.41) is 15.1. The van der Waals surface area contributed by atoms with Crippen LogP contribution in [-0.2, 0) is 22.4 Å². The van der Waals surface area contributed by atoms with Crippen LogP contribution in [0.2, 0.25) is 0 Å². The highest BCUT2D eigenvalue weighted by Gasteiger charge is 2.31. The average molecular weight is 465 g/mol. The number of carbonyl (C=O) groups is 2. The number of ether oxygens (including phenoxy) is 1. The van der Waals surface area contributed by atoms with Crippen molar-refractivity contribution in [2.45, 2.75) is 57.3 Å². The number of anilines is 1. The smallest absolute Gasteiger partial charge is 0.481 e. The third-order valence-electron chi connectivity index (χ3n) is 5.25. The van der Waals surface area contributed by atoms with Crippen molar-refractivity contribution in [3.8, 4) is 5.75 Å². The number of aryl methyl sites for hydroxylation is 2. The summed E-state index contributed by atoms with van der Waals surface area (Å²) < 4.78 is 41.3. The fourth-order valence-corrected chi connectivity index (χ4v) is 3.72. The number of nitrogens with one attached hydrogen (secondary N) is 2. The van der Waals surface area contributed by atoms with Crippen LogP contribution in [0.5, 0.6) is 5.75 Å². The molecule has 1 aromatic heterocycles. The van der Waals surface area contributed by atoms with Gasteiger partial charge in [-0.15, -0.1) is 13.2 Å². The summed E-state index contributed by atoms with van der Waals surface area (Å²) in [4.78, 5) is 28.2. The second-order valence-corrected chi connectivity index (χ2v) is 7.89. The number of alkyl halides is 3. The Morgan fingerprint density at radius 1 is 1.21 bits per heavy atom. The molecule has 3 N–H and O–H groups in total. The Hall–Kier alpha value is -3.30. The monoisotopic (exact) mass is 465 g/mol. The van der Waals surface area contributed by atoms with Crippen LogP contribution >= 0.6 is 0 Å². The molecule has 3 rings (SSSR count). The van der Waals surface area contributed by atoms with Crippen LogP contribution in [0.4, 0.5) is 19.0 Å². The normalized spacial score (nSPS) is 14.0. The minimum atomic E-state index is -4.87. The van der Waals surface area contributed by atoms with E-state index in [0.717, 1.165) is 49.5 Å². The molecular weight excluding hydrogens is 439 g/mol. The Kier molecular flexibility index (Phi) is 8.13. The third-order valence-corrected chi connectivity index (χ3v) is 5.25. The van der Waals surface area contributed by atoms with Gasteiger partial charge in [-0.25, -0.2) is 4.98 Å². The van der Waals surface area contributed by atoms with Crippen molar-refractivity contribution < 1.29 is 32.6 Å². The van der Waals surface area contributed by atoms with E-state index in [-0.39, 0.29) is 17.9 Å². The highest BCUT2D eigenvalue weighted by Crippen LogP contribution is 2.27. The lowest BCUT2D eigenvalue weighted by Gasteiger charge is -2.19. The van der Waals surface area contributed by atoms with Crippen molar-refractivity contribution >= 4 is 17.7 Å². The quantitative estimate of drug-likeness (QED) is 0.450. The Bertz CT molecular complexity index is 982. The predicted octanol–water partition coefficient (Wildman–Crippen LogP) is 4.38. The zero-order valence-electron chi connectivity index (χ0n) is 18.0. The second-order valence-electron chi connectivity index (χ2n) is 7.89. The van der Waals surface area contributed by atoms with Crippen LogP contribution in [0, 0.1) is 0 Å². The molecule has 0 spiro atoms. The van der Waals surface area contributed by atoms with Crippen LogP contribution in [0.25, 0.3) is 0 Å². The molecule has 2 aromatic rings. The molecule has 0 bridgehead atoms. The van der Waals surface area contributed by atoms with Gasteiger partial charge in [0.05, 0.1) is 12.5 Å². The Labute approximate surface area is 189 Å². The van der Waals surface area contributed by atoms with Gasteiger partial charge in [0.15, 0.2) is 0 Å². The zero-order valence-corrected chi connectivity index (χ0v) is 18.0. The van der Waals surface area contributed by atoms with Crippen molar-refractivity contribution in [3.05, 3.63) is 53.2 Å². The van der Waals surface area contributed by atoms with Gasteiger partial charge in [-0.2, -0.15) is 0 Å². The van der Waals surface area contributed by atoms with E-state index in [1.54, 1.807) is 0 Å². The van der Waals surface area contributed by atoms with Crippen LogP contribution in [0.15, 0.2) is 36.4 Å². The summed E-state index contributed by atoms with van der Waals surface area (Å²) in [5.41, 5.74) is 2.37. The number of nitrogens with zero attached hydrogens (tertiary/aromatic N) is 1. The summed E-state index contributed by atoms with van der Waals surface area (Å²) in [6.45, 7) is 0.909. The lowest BCUT2D eigenvalue weighted by molar-refractivity contribution is -0.274. The largest absolute Gasteiger partial charge is 0.573 e. The number of carboxylic acids is 1. The first kappa shape index (κ1) is 24.3. The summed E-state index contributed by atoms with van der Waals surface area (Å²) in [7, 11) is 0. The molecule has 0 aliphatic carbocycles. The molecular formula is C23H26F3N3O4. The molecule has 7 nitrogen and oxygen atoms in total. The van der Waals surface area contributed by atoms with Crippen LogP contribution in [-0.4, -0.2) is 34.9 Å². The number of rotatable bonds is 10. The number of aliphatic carboxylic acids is 1. The van der Waals surface area contributed by atoms with Gasteiger partial charge in [0.2, 0.25) is 5.91 Å². The first-order valence-electron chi connectivity index (χ1n) is 10.8. The molecule has 1 aromatic carbocycles. The van der Waals surface area contributed by atoms with E-state index < -0.39 is 30.5 Å². The third kappa shape index (κ3) is 7.96. The van der Waals surface area contributed by atoms with E-state index in [4.69, 9.17) is 5.11 Å². The van der Waals surface area contributed by atoms with E-state index in [0.29, 0.717) is 12.8 Å². The van der Waals surface area contributed by atoms with Crippen molar-refractivity contribution in [3.63, 3.8) is 0 Å². The summed E-state index contributed by atoms with van der Waals surface area (Å²) >= 11 is 0. The number of pyridine rings is 1. The number of carbonyl (C=O) groups excluding carboxylic acids is 1. The number of hydrogen-bond donors (Lipinski definition) is 3. The minimum absolute atomic E-state index is 0.165. The maximum atomic E-state index is 12.5. The van der Waals surface area contributed by atoms with E-state index in [9.17, 15) is 22.8 Å². The first-order chi connectivity index (χ1) is 15.7. The van der Waals surface area contributed by atoms with Gasteiger partial charge in [-0.1, -0.05) is 18.2 Å². The SMILES string of the molecule is O=C(O)CC(NC(=O)CCCCc1ccc2c(n1)NCCC2)c1cccc(OC(F)(F)F)c1. The van der Waals surface area contributed by atoms with Gasteiger partial charge in [0, 0.05) is 18.7 Å². The molecule has 0 saturated heterocycles. The minimum Gasteiger partial charge on any atom is -0.481 e. The lowest BCUT2D eigenvalue weighted by Crippen LogP contribution is -2.30. The zero-order chi connectivity index (χ0) is 23.8. The number of fused-ring (bicyclic) bond motifs is 1. The molecule has 1 unspecified atom stereocenters. The van der Waals surface area contributed by atoms with Gasteiger partial charge < -0.3 is 20.5 Å². The van der Waals surface area contributed by atoms with Crippen molar-refractivity contribution in [2.75, 3.05) is 11.9 Å². The van der Waals surface area contributed by atoms with Crippen LogP contribution in [0.3, 0.4) is 0 Å². The molecule has 0 radical (unpaired) electrons. The van der Waals surface area contributed by atoms with Crippen molar-refractivity contribution in [2.24, 2.45) is 0 Å². The predicted molar refractivity (Wildman–Crippen MR) is 115 cm³/mol. The molecule has 2 heterocycles. The molecule has 33 heavy (non-hydrogen) atoms. The maximum absolute atomic E-state index is 12.5.